The number of amides is 1. The quantitative estimate of drug-likeness (QED) is 0.686. The fourth-order valence-corrected chi connectivity index (χ4v) is 2.03. The van der Waals surface area contributed by atoms with Crippen molar-refractivity contribution in [2.45, 2.75) is 6.92 Å². The van der Waals surface area contributed by atoms with E-state index in [4.69, 9.17) is 16.3 Å². The Bertz CT molecular complexity index is 746. The highest BCUT2D eigenvalue weighted by molar-refractivity contribution is 6.31. The summed E-state index contributed by atoms with van der Waals surface area (Å²) in [5, 5.41) is 14.0. The standard InChI is InChI=1S/C15H13ClN2O4/c1-9-3-4-10(7-12(9)16)15(19)17-11-5-6-14(22-2)13(8-11)18(20)21/h3-8H,1-2H3,(H,17,19). The molecule has 0 spiro atoms. The summed E-state index contributed by atoms with van der Waals surface area (Å²) in [5.74, 6) is -0.275. The first-order valence-corrected chi connectivity index (χ1v) is 6.70. The summed E-state index contributed by atoms with van der Waals surface area (Å²) in [6, 6.07) is 9.11. The largest absolute Gasteiger partial charge is 0.490 e. The smallest absolute Gasteiger partial charge is 0.312 e. The van der Waals surface area contributed by atoms with Crippen LogP contribution in [0.2, 0.25) is 5.02 Å². The van der Waals surface area contributed by atoms with Crippen molar-refractivity contribution in [2.75, 3.05) is 12.4 Å². The number of nitro groups is 1. The lowest BCUT2D eigenvalue weighted by atomic mass is 10.1. The average molecular weight is 321 g/mol. The summed E-state index contributed by atoms with van der Waals surface area (Å²) in [7, 11) is 1.34. The van der Waals surface area contributed by atoms with Crippen LogP contribution in [-0.4, -0.2) is 17.9 Å². The highest BCUT2D eigenvalue weighted by atomic mass is 35.5. The second-order valence-electron chi connectivity index (χ2n) is 4.56. The number of anilines is 1. The van der Waals surface area contributed by atoms with Gasteiger partial charge in [-0.3, -0.25) is 14.9 Å². The van der Waals surface area contributed by atoms with E-state index in [9.17, 15) is 14.9 Å². The fourth-order valence-electron chi connectivity index (χ4n) is 1.85. The Labute approximate surface area is 131 Å². The van der Waals surface area contributed by atoms with E-state index >= 15 is 0 Å². The first kappa shape index (κ1) is 15.8. The molecule has 2 rings (SSSR count). The molecule has 114 valence electrons. The molecule has 7 heteroatoms. The lowest BCUT2D eigenvalue weighted by Gasteiger charge is -2.08. The van der Waals surface area contributed by atoms with E-state index in [-0.39, 0.29) is 11.4 Å². The number of benzene rings is 2. The number of rotatable bonds is 4. The molecule has 0 atom stereocenters. The second kappa shape index (κ2) is 6.44. The zero-order chi connectivity index (χ0) is 16.3. The molecule has 0 aliphatic carbocycles. The highest BCUT2D eigenvalue weighted by Crippen LogP contribution is 2.30. The van der Waals surface area contributed by atoms with Gasteiger partial charge in [0, 0.05) is 22.3 Å². The molecule has 0 heterocycles. The number of aryl methyl sites for hydroxylation is 1. The van der Waals surface area contributed by atoms with Gasteiger partial charge in [-0.1, -0.05) is 17.7 Å². The number of nitrogens with one attached hydrogen (secondary N) is 1. The molecular formula is C15H13ClN2O4. The number of ether oxygens (including phenoxy) is 1. The molecule has 2 aromatic carbocycles. The monoisotopic (exact) mass is 320 g/mol. The van der Waals surface area contributed by atoms with E-state index in [1.807, 2.05) is 6.92 Å². The molecule has 1 amide bonds. The second-order valence-corrected chi connectivity index (χ2v) is 4.97. The van der Waals surface area contributed by atoms with Gasteiger partial charge in [-0.05, 0) is 36.8 Å². The maximum Gasteiger partial charge on any atom is 0.312 e. The normalized spacial score (nSPS) is 10.1. The summed E-state index contributed by atoms with van der Waals surface area (Å²) in [6.45, 7) is 1.83. The summed E-state index contributed by atoms with van der Waals surface area (Å²) in [5.41, 5.74) is 1.31. The van der Waals surface area contributed by atoms with Gasteiger partial charge >= 0.3 is 5.69 Å². The van der Waals surface area contributed by atoms with E-state index in [1.165, 1.54) is 25.3 Å². The molecule has 1 N–H and O–H groups in total. The molecule has 0 saturated carbocycles. The Morgan fingerprint density at radius 2 is 2.00 bits per heavy atom. The van der Waals surface area contributed by atoms with Crippen LogP contribution in [-0.2, 0) is 0 Å². The van der Waals surface area contributed by atoms with Crippen LogP contribution in [0.5, 0.6) is 5.75 Å². The molecule has 0 aliphatic heterocycles. The maximum atomic E-state index is 12.1. The van der Waals surface area contributed by atoms with E-state index in [2.05, 4.69) is 5.32 Å². The van der Waals surface area contributed by atoms with Crippen molar-refractivity contribution in [1.82, 2.24) is 0 Å². The molecule has 0 radical (unpaired) electrons. The van der Waals surface area contributed by atoms with E-state index in [0.717, 1.165) is 5.56 Å². The van der Waals surface area contributed by atoms with Gasteiger partial charge in [0.1, 0.15) is 0 Å². The number of methoxy groups -OCH3 is 1. The molecule has 0 bridgehead atoms. The van der Waals surface area contributed by atoms with Crippen molar-refractivity contribution in [2.24, 2.45) is 0 Å². The first-order chi connectivity index (χ1) is 10.4. The summed E-state index contributed by atoms with van der Waals surface area (Å²) in [4.78, 5) is 22.5. The third-order valence-corrected chi connectivity index (χ3v) is 3.47. The van der Waals surface area contributed by atoms with Gasteiger partial charge in [0.25, 0.3) is 5.91 Å². The van der Waals surface area contributed by atoms with Crippen LogP contribution >= 0.6 is 11.6 Å². The molecule has 0 fully saturated rings. The van der Waals surface area contributed by atoms with Crippen molar-refractivity contribution < 1.29 is 14.5 Å². The van der Waals surface area contributed by atoms with E-state index in [1.54, 1.807) is 18.2 Å². The molecular weight excluding hydrogens is 308 g/mol. The SMILES string of the molecule is COc1ccc(NC(=O)c2ccc(C)c(Cl)c2)cc1[N+](=O)[O-]. The number of halogens is 1. The summed E-state index contributed by atoms with van der Waals surface area (Å²) >= 11 is 5.98. The van der Waals surface area contributed by atoms with Crippen molar-refractivity contribution >= 4 is 28.9 Å². The number of nitrogens with zero attached hydrogens (tertiary/aromatic N) is 1. The van der Waals surface area contributed by atoms with Crippen LogP contribution in [0.4, 0.5) is 11.4 Å². The predicted octanol–water partition coefficient (Wildman–Crippen LogP) is 3.82. The lowest BCUT2D eigenvalue weighted by Crippen LogP contribution is -2.12. The molecule has 0 saturated heterocycles. The topological polar surface area (TPSA) is 81.5 Å². The minimum atomic E-state index is -0.572. The number of nitro benzene ring substituents is 1. The van der Waals surface area contributed by atoms with Crippen molar-refractivity contribution in [3.63, 3.8) is 0 Å². The van der Waals surface area contributed by atoms with Gasteiger partial charge in [-0.2, -0.15) is 0 Å². The number of carbonyl (C=O) groups excluding carboxylic acids is 1. The fraction of sp³-hybridized carbons (Fsp3) is 0.133. The van der Waals surface area contributed by atoms with Gasteiger partial charge in [0.05, 0.1) is 12.0 Å². The Kier molecular flexibility index (Phi) is 4.62. The zero-order valence-corrected chi connectivity index (χ0v) is 12.7. The van der Waals surface area contributed by atoms with Gasteiger partial charge in [0.15, 0.2) is 5.75 Å². The third-order valence-electron chi connectivity index (χ3n) is 3.07. The van der Waals surface area contributed by atoms with Crippen LogP contribution in [0.25, 0.3) is 0 Å². The van der Waals surface area contributed by atoms with Crippen LogP contribution < -0.4 is 10.1 Å². The van der Waals surface area contributed by atoms with Crippen LogP contribution in [0.15, 0.2) is 36.4 Å². The molecule has 0 unspecified atom stereocenters. The first-order valence-electron chi connectivity index (χ1n) is 6.32. The lowest BCUT2D eigenvalue weighted by molar-refractivity contribution is -0.385. The van der Waals surface area contributed by atoms with E-state index < -0.39 is 10.8 Å². The molecule has 2 aromatic rings. The average Bonchev–Trinajstić information content (AvgIpc) is 2.49. The Hall–Kier alpha value is -2.60. The minimum Gasteiger partial charge on any atom is -0.490 e. The predicted molar refractivity (Wildman–Crippen MR) is 83.8 cm³/mol. The Morgan fingerprint density at radius 3 is 2.59 bits per heavy atom. The van der Waals surface area contributed by atoms with Crippen molar-refractivity contribution in [3.8, 4) is 5.75 Å². The van der Waals surface area contributed by atoms with Gasteiger partial charge in [-0.15, -0.1) is 0 Å². The van der Waals surface area contributed by atoms with Gasteiger partial charge in [0.2, 0.25) is 0 Å². The maximum absolute atomic E-state index is 12.1. The van der Waals surface area contributed by atoms with Crippen LogP contribution in [0, 0.1) is 17.0 Å². The van der Waals surface area contributed by atoms with E-state index in [0.29, 0.717) is 16.3 Å². The molecule has 0 aliphatic rings. The summed E-state index contributed by atoms with van der Waals surface area (Å²) in [6.07, 6.45) is 0. The molecule has 22 heavy (non-hydrogen) atoms. The third kappa shape index (κ3) is 3.35. The zero-order valence-electron chi connectivity index (χ0n) is 11.9. The molecule has 0 aromatic heterocycles. The Balaban J connectivity index is 2.26. The summed E-state index contributed by atoms with van der Waals surface area (Å²) < 4.78 is 4.91. The van der Waals surface area contributed by atoms with Crippen molar-refractivity contribution in [3.05, 3.63) is 62.7 Å². The highest BCUT2D eigenvalue weighted by Gasteiger charge is 2.16. The number of hydrogen-bond donors (Lipinski definition) is 1. The molecule has 6 nitrogen and oxygen atoms in total. The van der Waals surface area contributed by atoms with Gasteiger partial charge < -0.3 is 10.1 Å². The van der Waals surface area contributed by atoms with Gasteiger partial charge in [-0.25, -0.2) is 0 Å². The van der Waals surface area contributed by atoms with Crippen LogP contribution in [0.3, 0.4) is 0 Å². The van der Waals surface area contributed by atoms with Crippen LogP contribution in [0.1, 0.15) is 15.9 Å². The number of hydrogen-bond acceptors (Lipinski definition) is 4. The Morgan fingerprint density at radius 1 is 1.27 bits per heavy atom. The minimum absolute atomic E-state index is 0.126. The number of carbonyl (C=O) groups is 1. The van der Waals surface area contributed by atoms with Crippen molar-refractivity contribution in [1.29, 1.82) is 0 Å².